The Morgan fingerprint density at radius 1 is 1.00 bits per heavy atom. The Balaban J connectivity index is 1.96. The number of nitrogens with zero attached hydrogens (tertiary/aromatic N) is 3. The molecule has 0 fully saturated rings. The normalized spacial score (nSPS) is 13.0. The summed E-state index contributed by atoms with van der Waals surface area (Å²) in [5.74, 6) is 1.05. The third-order valence-electron chi connectivity index (χ3n) is 4.54. The van der Waals surface area contributed by atoms with Gasteiger partial charge in [-0.2, -0.15) is 0 Å². The maximum Gasteiger partial charge on any atom is 0.110 e. The molecule has 2 heterocycles. The van der Waals surface area contributed by atoms with E-state index in [2.05, 4.69) is 66.9 Å². The fourth-order valence-corrected chi connectivity index (χ4v) is 3.50. The van der Waals surface area contributed by atoms with Crippen LogP contribution in [0.2, 0.25) is 0 Å². The van der Waals surface area contributed by atoms with Gasteiger partial charge in [0.2, 0.25) is 0 Å². The van der Waals surface area contributed by atoms with Crippen molar-refractivity contribution in [2.75, 3.05) is 0 Å². The molecule has 4 rings (SSSR count). The summed E-state index contributed by atoms with van der Waals surface area (Å²) in [7, 11) is 0. The lowest BCUT2D eigenvalue weighted by Gasteiger charge is -2.13. The molecule has 0 N–H and O–H groups in total. The van der Waals surface area contributed by atoms with Gasteiger partial charge >= 0.3 is 0 Å². The van der Waals surface area contributed by atoms with Crippen LogP contribution < -0.4 is 0 Å². The molecule has 120 valence electrons. The van der Waals surface area contributed by atoms with E-state index >= 15 is 0 Å². The van der Waals surface area contributed by atoms with Crippen LogP contribution in [-0.2, 0) is 13.0 Å². The minimum Gasteiger partial charge on any atom is -0.298 e. The molecule has 3 nitrogen and oxygen atoms in total. The van der Waals surface area contributed by atoms with E-state index in [4.69, 9.17) is 9.98 Å². The molecule has 0 amide bonds. The zero-order valence-electron chi connectivity index (χ0n) is 14.2. The lowest BCUT2D eigenvalue weighted by molar-refractivity contribution is 0.845. The number of aromatic nitrogens is 2. The lowest BCUT2D eigenvalue weighted by atomic mass is 10.0. The average molecular weight is 315 g/mol. The van der Waals surface area contributed by atoms with E-state index in [9.17, 15) is 0 Å². The minimum atomic E-state index is 0.676. The van der Waals surface area contributed by atoms with Crippen LogP contribution in [0.1, 0.15) is 41.7 Å². The highest BCUT2D eigenvalue weighted by Gasteiger charge is 2.22. The van der Waals surface area contributed by atoms with Gasteiger partial charge in [-0.15, -0.1) is 0 Å². The standard InChI is InChI=1S/C21H21N3/c1-3-9-18-20-14-22-21(16-10-5-4-6-11-16)17-12-7-8-13-19(17)24(20)15(2)23-18/h4-8,10-13H,3,9,14H2,1-2H3. The predicted octanol–water partition coefficient (Wildman–Crippen LogP) is 4.48. The van der Waals surface area contributed by atoms with Crippen LogP contribution in [0.15, 0.2) is 59.6 Å². The molecule has 2 aromatic carbocycles. The Morgan fingerprint density at radius 3 is 2.54 bits per heavy atom. The average Bonchev–Trinajstić information content (AvgIpc) is 2.82. The van der Waals surface area contributed by atoms with Gasteiger partial charge in [0.1, 0.15) is 5.82 Å². The van der Waals surface area contributed by atoms with Gasteiger partial charge in [0, 0.05) is 11.1 Å². The molecule has 0 saturated carbocycles. The molecule has 24 heavy (non-hydrogen) atoms. The summed E-state index contributed by atoms with van der Waals surface area (Å²) >= 11 is 0. The molecule has 0 bridgehead atoms. The number of hydrogen-bond acceptors (Lipinski definition) is 2. The zero-order chi connectivity index (χ0) is 16.5. The van der Waals surface area contributed by atoms with Crippen molar-refractivity contribution >= 4 is 5.71 Å². The first-order valence-electron chi connectivity index (χ1n) is 8.56. The Morgan fingerprint density at radius 2 is 1.75 bits per heavy atom. The van der Waals surface area contributed by atoms with Gasteiger partial charge < -0.3 is 0 Å². The largest absolute Gasteiger partial charge is 0.298 e. The number of rotatable bonds is 3. The summed E-state index contributed by atoms with van der Waals surface area (Å²) in [6.45, 7) is 4.96. The third-order valence-corrected chi connectivity index (χ3v) is 4.54. The van der Waals surface area contributed by atoms with Crippen molar-refractivity contribution in [1.82, 2.24) is 9.55 Å². The van der Waals surface area contributed by atoms with Crippen molar-refractivity contribution in [1.29, 1.82) is 0 Å². The first-order chi connectivity index (χ1) is 11.8. The van der Waals surface area contributed by atoms with E-state index in [-0.39, 0.29) is 0 Å². The zero-order valence-corrected chi connectivity index (χ0v) is 14.2. The van der Waals surface area contributed by atoms with E-state index in [0.29, 0.717) is 6.54 Å². The topological polar surface area (TPSA) is 30.2 Å². The minimum absolute atomic E-state index is 0.676. The smallest absolute Gasteiger partial charge is 0.110 e. The van der Waals surface area contributed by atoms with Crippen LogP contribution in [-0.4, -0.2) is 15.3 Å². The number of hydrogen-bond donors (Lipinski definition) is 0. The summed E-state index contributed by atoms with van der Waals surface area (Å²) in [5, 5.41) is 0. The Bertz CT molecular complexity index is 904. The van der Waals surface area contributed by atoms with E-state index in [0.717, 1.165) is 24.4 Å². The molecule has 0 aliphatic carbocycles. The second kappa shape index (κ2) is 6.08. The van der Waals surface area contributed by atoms with Gasteiger partial charge in [0.25, 0.3) is 0 Å². The van der Waals surface area contributed by atoms with Crippen LogP contribution in [0, 0.1) is 6.92 Å². The maximum absolute atomic E-state index is 4.99. The molecule has 0 atom stereocenters. The number of para-hydroxylation sites is 1. The van der Waals surface area contributed by atoms with Gasteiger partial charge in [-0.25, -0.2) is 4.98 Å². The number of imidazole rings is 1. The number of aliphatic imine (C=N–C) groups is 1. The molecule has 1 aliphatic heterocycles. The molecule has 3 heteroatoms. The lowest BCUT2D eigenvalue weighted by Crippen LogP contribution is -2.07. The number of fused-ring (bicyclic) bond motifs is 3. The summed E-state index contributed by atoms with van der Waals surface area (Å²) in [4.78, 5) is 9.80. The van der Waals surface area contributed by atoms with Crippen molar-refractivity contribution in [3.63, 3.8) is 0 Å². The van der Waals surface area contributed by atoms with Crippen LogP contribution in [0.3, 0.4) is 0 Å². The van der Waals surface area contributed by atoms with Gasteiger partial charge in [0.05, 0.1) is 29.3 Å². The first kappa shape index (κ1) is 14.9. The first-order valence-corrected chi connectivity index (χ1v) is 8.56. The molecule has 0 spiro atoms. The molecule has 3 aromatic rings. The summed E-state index contributed by atoms with van der Waals surface area (Å²) in [6, 6.07) is 19.0. The summed E-state index contributed by atoms with van der Waals surface area (Å²) in [6.07, 6.45) is 2.10. The quantitative estimate of drug-likeness (QED) is 0.700. The van der Waals surface area contributed by atoms with Crippen molar-refractivity contribution in [3.05, 3.63) is 82.9 Å². The number of benzene rings is 2. The Labute approximate surface area is 142 Å². The van der Waals surface area contributed by atoms with E-state index < -0.39 is 0 Å². The molecule has 0 saturated heterocycles. The molecular weight excluding hydrogens is 294 g/mol. The molecule has 1 aromatic heterocycles. The monoisotopic (exact) mass is 315 g/mol. The Kier molecular flexibility index (Phi) is 3.77. The second-order valence-corrected chi connectivity index (χ2v) is 6.19. The summed E-state index contributed by atoms with van der Waals surface area (Å²) < 4.78 is 2.29. The fraction of sp³-hybridized carbons (Fsp3) is 0.238. The van der Waals surface area contributed by atoms with Crippen LogP contribution in [0.4, 0.5) is 0 Å². The van der Waals surface area contributed by atoms with Crippen LogP contribution in [0.5, 0.6) is 0 Å². The fourth-order valence-electron chi connectivity index (χ4n) is 3.50. The van der Waals surface area contributed by atoms with Crippen molar-refractivity contribution < 1.29 is 0 Å². The van der Waals surface area contributed by atoms with Gasteiger partial charge in [-0.3, -0.25) is 9.56 Å². The highest BCUT2D eigenvalue weighted by atomic mass is 15.1. The van der Waals surface area contributed by atoms with E-state index in [1.54, 1.807) is 0 Å². The Hall–Kier alpha value is -2.68. The predicted molar refractivity (Wildman–Crippen MR) is 98.1 cm³/mol. The maximum atomic E-state index is 4.99. The highest BCUT2D eigenvalue weighted by molar-refractivity contribution is 6.15. The second-order valence-electron chi connectivity index (χ2n) is 6.19. The van der Waals surface area contributed by atoms with Gasteiger partial charge in [-0.05, 0) is 19.4 Å². The van der Waals surface area contributed by atoms with Gasteiger partial charge in [0.15, 0.2) is 0 Å². The SMILES string of the molecule is CCCc1nc(C)n2c1CN=C(c1ccccc1)c1ccccc1-2. The van der Waals surface area contributed by atoms with E-state index in [1.807, 2.05) is 6.07 Å². The van der Waals surface area contributed by atoms with Crippen molar-refractivity contribution in [2.24, 2.45) is 4.99 Å². The molecule has 0 unspecified atom stereocenters. The van der Waals surface area contributed by atoms with Crippen molar-refractivity contribution in [3.8, 4) is 5.69 Å². The summed E-state index contributed by atoms with van der Waals surface area (Å²) in [5.41, 5.74) is 7.00. The van der Waals surface area contributed by atoms with Crippen LogP contribution >= 0.6 is 0 Å². The third kappa shape index (κ3) is 2.37. The van der Waals surface area contributed by atoms with E-state index in [1.165, 1.54) is 28.2 Å². The number of aryl methyl sites for hydroxylation is 2. The van der Waals surface area contributed by atoms with Crippen LogP contribution in [0.25, 0.3) is 5.69 Å². The molecular formula is C21H21N3. The van der Waals surface area contributed by atoms with Gasteiger partial charge in [-0.1, -0.05) is 61.9 Å². The van der Waals surface area contributed by atoms with Crippen molar-refractivity contribution in [2.45, 2.75) is 33.2 Å². The molecule has 1 aliphatic rings. The molecule has 0 radical (unpaired) electrons. The highest BCUT2D eigenvalue weighted by Crippen LogP contribution is 2.28.